The van der Waals surface area contributed by atoms with E-state index in [1.165, 1.54) is 20.4 Å². The van der Waals surface area contributed by atoms with Crippen LogP contribution in [0.4, 0.5) is 0 Å². The van der Waals surface area contributed by atoms with Crippen molar-refractivity contribution in [3.63, 3.8) is 0 Å². The van der Waals surface area contributed by atoms with Crippen LogP contribution in [-0.4, -0.2) is 45.5 Å². The molecule has 0 spiro atoms. The first-order valence-corrected chi connectivity index (χ1v) is 9.42. The smallest absolute Gasteiger partial charge is 0.344 e. The summed E-state index contributed by atoms with van der Waals surface area (Å²) in [5.74, 6) is 0.461. The van der Waals surface area contributed by atoms with E-state index in [1.54, 1.807) is 37.3 Å². The van der Waals surface area contributed by atoms with Crippen molar-refractivity contribution in [1.29, 1.82) is 0 Å². The molecule has 31 heavy (non-hydrogen) atoms. The average Bonchev–Trinajstić information content (AvgIpc) is 3.22. The lowest BCUT2D eigenvalue weighted by Crippen LogP contribution is -2.16. The molecule has 9 heteroatoms. The second-order valence-corrected chi connectivity index (χ2v) is 6.19. The minimum Gasteiger partial charge on any atom is -0.493 e. The zero-order valence-corrected chi connectivity index (χ0v) is 17.3. The lowest BCUT2D eigenvalue weighted by Gasteiger charge is -2.10. The third kappa shape index (κ3) is 5.33. The Morgan fingerprint density at radius 3 is 2.61 bits per heavy atom. The fourth-order valence-electron chi connectivity index (χ4n) is 2.75. The van der Waals surface area contributed by atoms with Crippen molar-refractivity contribution in [1.82, 2.24) is 5.43 Å². The Morgan fingerprint density at radius 1 is 1.06 bits per heavy atom. The van der Waals surface area contributed by atoms with E-state index in [4.69, 9.17) is 23.4 Å². The lowest BCUT2D eigenvalue weighted by molar-refractivity contribution is -0.145. The van der Waals surface area contributed by atoms with Crippen molar-refractivity contribution < 1.29 is 33.0 Å². The van der Waals surface area contributed by atoms with Gasteiger partial charge in [0.15, 0.2) is 35.2 Å². The number of para-hydroxylation sites is 1. The van der Waals surface area contributed by atoms with Gasteiger partial charge in [-0.2, -0.15) is 5.10 Å². The molecule has 0 unspecified atom stereocenters. The fraction of sp³-hybridized carbons (Fsp3) is 0.227. The molecule has 0 aliphatic rings. The van der Waals surface area contributed by atoms with Crippen LogP contribution < -0.4 is 19.6 Å². The van der Waals surface area contributed by atoms with Crippen molar-refractivity contribution in [3.05, 3.63) is 53.8 Å². The van der Waals surface area contributed by atoms with Gasteiger partial charge in [0.1, 0.15) is 0 Å². The molecule has 1 amide bonds. The van der Waals surface area contributed by atoms with E-state index >= 15 is 0 Å². The summed E-state index contributed by atoms with van der Waals surface area (Å²) in [7, 11) is 3.01. The Bertz CT molecular complexity index is 1100. The molecule has 0 saturated carbocycles. The van der Waals surface area contributed by atoms with Crippen LogP contribution in [0.25, 0.3) is 11.0 Å². The Kier molecular flexibility index (Phi) is 7.10. The van der Waals surface area contributed by atoms with Crippen LogP contribution in [0.3, 0.4) is 0 Å². The van der Waals surface area contributed by atoms with Gasteiger partial charge >= 0.3 is 11.9 Å². The van der Waals surface area contributed by atoms with Gasteiger partial charge < -0.3 is 23.4 Å². The molecule has 0 aliphatic carbocycles. The Balaban J connectivity index is 1.65. The maximum Gasteiger partial charge on any atom is 0.344 e. The molecule has 9 nitrogen and oxygen atoms in total. The first-order chi connectivity index (χ1) is 15.0. The first-order valence-electron chi connectivity index (χ1n) is 9.42. The minimum atomic E-state index is -0.504. The molecule has 1 heterocycles. The molecule has 1 aromatic heterocycles. The monoisotopic (exact) mass is 426 g/mol. The number of methoxy groups -OCH3 is 2. The van der Waals surface area contributed by atoms with Crippen LogP contribution in [0, 0.1) is 0 Å². The van der Waals surface area contributed by atoms with E-state index in [2.05, 4.69) is 10.5 Å². The quantitative estimate of drug-likeness (QED) is 0.318. The van der Waals surface area contributed by atoms with Gasteiger partial charge in [0, 0.05) is 5.39 Å². The van der Waals surface area contributed by atoms with Gasteiger partial charge in [-0.1, -0.05) is 12.1 Å². The van der Waals surface area contributed by atoms with Crippen molar-refractivity contribution in [3.8, 4) is 17.2 Å². The minimum absolute atomic E-state index is 0.108. The van der Waals surface area contributed by atoms with Gasteiger partial charge in [-0.3, -0.25) is 4.79 Å². The number of amides is 1. The molecule has 0 radical (unpaired) electrons. The highest BCUT2D eigenvalue weighted by Crippen LogP contribution is 2.29. The zero-order chi connectivity index (χ0) is 22.2. The van der Waals surface area contributed by atoms with E-state index in [0.717, 1.165) is 5.39 Å². The highest BCUT2D eigenvalue weighted by atomic mass is 16.6. The van der Waals surface area contributed by atoms with Gasteiger partial charge in [0.25, 0.3) is 0 Å². The number of hydrogen-bond acceptors (Lipinski definition) is 8. The zero-order valence-electron chi connectivity index (χ0n) is 17.3. The summed E-state index contributed by atoms with van der Waals surface area (Å²) < 4.78 is 26.3. The number of ether oxygens (including phenoxy) is 4. The van der Waals surface area contributed by atoms with Crippen LogP contribution in [0.1, 0.15) is 23.0 Å². The summed E-state index contributed by atoms with van der Waals surface area (Å²) in [6.07, 6.45) is 1.44. The molecule has 0 aliphatic heterocycles. The Labute approximate surface area is 178 Å². The van der Waals surface area contributed by atoms with Gasteiger partial charge in [0.05, 0.1) is 27.0 Å². The molecule has 0 atom stereocenters. The number of hydrazone groups is 1. The van der Waals surface area contributed by atoms with Gasteiger partial charge in [-0.25, -0.2) is 10.2 Å². The standard InChI is InChI=1S/C22H22N2O7/c1-4-29-20(25)13-30-16-9-8-14(10-18(16)28-3)12-23-24-22(26)19-11-15-6-5-7-17(27-2)21(15)31-19/h5-12H,4,13H2,1-3H3,(H,24,26)/b23-12-. The van der Waals surface area contributed by atoms with Gasteiger partial charge in [-0.05, 0) is 42.8 Å². The molecule has 3 aromatic rings. The Hall–Kier alpha value is -4.01. The van der Waals surface area contributed by atoms with Crippen LogP contribution in [0.2, 0.25) is 0 Å². The molecular formula is C22H22N2O7. The topological polar surface area (TPSA) is 109 Å². The number of nitrogens with zero attached hydrogens (tertiary/aromatic N) is 1. The van der Waals surface area contributed by atoms with Crippen LogP contribution in [0.5, 0.6) is 17.2 Å². The third-order valence-electron chi connectivity index (χ3n) is 4.17. The normalized spacial score (nSPS) is 10.8. The fourth-order valence-corrected chi connectivity index (χ4v) is 2.75. The number of rotatable bonds is 9. The van der Waals surface area contributed by atoms with E-state index in [1.807, 2.05) is 12.1 Å². The maximum atomic E-state index is 12.3. The summed E-state index contributed by atoms with van der Waals surface area (Å²) in [5.41, 5.74) is 3.55. The summed E-state index contributed by atoms with van der Waals surface area (Å²) in [5, 5.41) is 4.69. The summed E-state index contributed by atoms with van der Waals surface area (Å²) in [4.78, 5) is 23.8. The molecule has 0 fully saturated rings. The number of benzene rings is 2. The number of carbonyl (C=O) groups excluding carboxylic acids is 2. The molecule has 1 N–H and O–H groups in total. The molecule has 162 valence electrons. The first kappa shape index (κ1) is 21.7. The largest absolute Gasteiger partial charge is 0.493 e. The van der Waals surface area contributed by atoms with E-state index < -0.39 is 11.9 Å². The number of furan rings is 1. The predicted molar refractivity (Wildman–Crippen MR) is 113 cm³/mol. The van der Waals surface area contributed by atoms with Crippen molar-refractivity contribution in [2.45, 2.75) is 6.92 Å². The maximum absolute atomic E-state index is 12.3. The summed E-state index contributed by atoms with van der Waals surface area (Å²) in [6.45, 7) is 1.77. The number of fused-ring (bicyclic) bond motifs is 1. The second-order valence-electron chi connectivity index (χ2n) is 6.19. The molecule has 3 rings (SSSR count). The van der Waals surface area contributed by atoms with Crippen molar-refractivity contribution in [2.75, 3.05) is 27.4 Å². The summed E-state index contributed by atoms with van der Waals surface area (Å²) >= 11 is 0. The van der Waals surface area contributed by atoms with Crippen LogP contribution in [0.15, 0.2) is 52.0 Å². The molecular weight excluding hydrogens is 404 g/mol. The van der Waals surface area contributed by atoms with Crippen molar-refractivity contribution >= 4 is 29.1 Å². The second kappa shape index (κ2) is 10.1. The predicted octanol–water partition coefficient (Wildman–Crippen LogP) is 3.16. The SMILES string of the molecule is CCOC(=O)COc1ccc(/C=N\NC(=O)c2cc3cccc(OC)c3o2)cc1OC. The number of esters is 1. The average molecular weight is 426 g/mol. The lowest BCUT2D eigenvalue weighted by atomic mass is 10.2. The molecule has 0 bridgehead atoms. The van der Waals surface area contributed by atoms with Crippen molar-refractivity contribution in [2.24, 2.45) is 5.10 Å². The molecule has 2 aromatic carbocycles. The highest BCUT2D eigenvalue weighted by molar-refractivity contribution is 5.97. The third-order valence-corrected chi connectivity index (χ3v) is 4.17. The molecule has 0 saturated heterocycles. The summed E-state index contributed by atoms with van der Waals surface area (Å²) in [6, 6.07) is 12.0. The highest BCUT2D eigenvalue weighted by Gasteiger charge is 2.14. The van der Waals surface area contributed by atoms with Gasteiger partial charge in [-0.15, -0.1) is 0 Å². The van der Waals surface area contributed by atoms with Crippen LogP contribution >= 0.6 is 0 Å². The van der Waals surface area contributed by atoms with E-state index in [0.29, 0.717) is 28.4 Å². The van der Waals surface area contributed by atoms with Gasteiger partial charge in [0.2, 0.25) is 0 Å². The van der Waals surface area contributed by atoms with E-state index in [-0.39, 0.29) is 19.0 Å². The number of carbonyl (C=O) groups is 2. The Morgan fingerprint density at radius 2 is 1.87 bits per heavy atom. The number of nitrogens with one attached hydrogen (secondary N) is 1. The van der Waals surface area contributed by atoms with Crippen LogP contribution in [-0.2, 0) is 9.53 Å². The number of hydrogen-bond donors (Lipinski definition) is 1. The van der Waals surface area contributed by atoms with E-state index in [9.17, 15) is 9.59 Å².